The van der Waals surface area contributed by atoms with Crippen molar-refractivity contribution >= 4 is 7.54 Å². The molecule has 0 N–H and O–H groups in total. The van der Waals surface area contributed by atoms with Gasteiger partial charge in [-0.15, -0.1) is 0 Å². The van der Waals surface area contributed by atoms with Gasteiger partial charge in [-0.1, -0.05) is 6.58 Å². The average Bonchev–Trinajstić information content (AvgIpc) is 1.82. The Bertz CT molecular complexity index is 192. The van der Waals surface area contributed by atoms with Crippen LogP contribution in [0, 0.1) is 11.3 Å². The molecule has 0 saturated carbocycles. The second kappa shape index (κ2) is 8.57. The topological polar surface area (TPSA) is 23.8 Å². The third-order valence-corrected chi connectivity index (χ3v) is 0.823. The lowest BCUT2D eigenvalue weighted by atomic mass is 10.3. The smallest absolute Gasteiger partial charge is 0.762 e. The largest absolute Gasteiger partial charge is 1.00 e. The molecule has 0 aromatic carbocycles. The van der Waals surface area contributed by atoms with Crippen LogP contribution in [0.5, 0.6) is 0 Å². The summed E-state index contributed by atoms with van der Waals surface area (Å²) in [7, 11) is 2.42. The fourth-order valence-corrected chi connectivity index (χ4v) is 0.608. The minimum Gasteiger partial charge on any atom is -1.00 e. The standard InChI is InChI=1S/C7H13N2.BF3.FH/c1-7(5-8)6-9(2,3)4;2-1(3)4;/h1,6H2,2-4H3;;1H/q+1;;/p-1. The lowest BCUT2D eigenvalue weighted by molar-refractivity contribution is -0.865. The highest BCUT2D eigenvalue weighted by molar-refractivity contribution is 6.33. The highest BCUT2D eigenvalue weighted by Crippen LogP contribution is 1.96. The van der Waals surface area contributed by atoms with Crippen molar-refractivity contribution in [1.29, 1.82) is 5.26 Å². The molecule has 0 heterocycles. The molecule has 0 fully saturated rings. The summed E-state index contributed by atoms with van der Waals surface area (Å²) in [4.78, 5) is 0. The summed E-state index contributed by atoms with van der Waals surface area (Å²) >= 11 is 0. The van der Waals surface area contributed by atoms with E-state index in [-0.39, 0.29) is 4.70 Å². The molecular weight excluding hydrogens is 199 g/mol. The number of hydrogen-bond acceptors (Lipinski definition) is 1. The van der Waals surface area contributed by atoms with Crippen LogP contribution in [-0.4, -0.2) is 39.7 Å². The maximum atomic E-state index is 9.67. The molecule has 0 aromatic rings. The van der Waals surface area contributed by atoms with Crippen LogP contribution in [-0.2, 0) is 0 Å². The molecule has 0 aliphatic rings. The molecular formula is C7H13BF4N2. The summed E-state index contributed by atoms with van der Waals surface area (Å²) in [5.74, 6) is 0. The van der Waals surface area contributed by atoms with Crippen LogP contribution in [0.15, 0.2) is 12.2 Å². The predicted molar refractivity (Wildman–Crippen MR) is 46.7 cm³/mol. The molecule has 0 aromatic heterocycles. The van der Waals surface area contributed by atoms with Crippen LogP contribution in [0.25, 0.3) is 0 Å². The van der Waals surface area contributed by atoms with Crippen molar-refractivity contribution in [2.75, 3.05) is 27.7 Å². The van der Waals surface area contributed by atoms with Crippen molar-refractivity contribution < 1.29 is 22.1 Å². The van der Waals surface area contributed by atoms with Crippen LogP contribution >= 0.6 is 0 Å². The van der Waals surface area contributed by atoms with E-state index in [0.29, 0.717) is 5.57 Å². The Morgan fingerprint density at radius 3 is 1.71 bits per heavy atom. The van der Waals surface area contributed by atoms with Gasteiger partial charge in [0.15, 0.2) is 0 Å². The Kier molecular flexibility index (Phi) is 11.4. The first kappa shape index (κ1) is 18.7. The molecule has 0 unspecified atom stereocenters. The van der Waals surface area contributed by atoms with E-state index in [2.05, 4.69) is 6.58 Å². The Hall–Kier alpha value is -1.03. The minimum absolute atomic E-state index is 0. The van der Waals surface area contributed by atoms with Crippen LogP contribution in [0.3, 0.4) is 0 Å². The van der Waals surface area contributed by atoms with Crippen molar-refractivity contribution in [1.82, 2.24) is 0 Å². The summed E-state index contributed by atoms with van der Waals surface area (Å²) in [6.07, 6.45) is 0. The lowest BCUT2D eigenvalue weighted by Gasteiger charge is -2.22. The zero-order valence-corrected chi connectivity index (χ0v) is 8.40. The number of rotatable bonds is 2. The summed E-state index contributed by atoms with van der Waals surface area (Å²) in [5.41, 5.74) is 0.641. The van der Waals surface area contributed by atoms with Gasteiger partial charge in [-0.2, -0.15) is 5.26 Å². The number of likely N-dealkylation sites (N-methyl/N-ethyl adjacent to an activating group) is 1. The van der Waals surface area contributed by atoms with Crippen molar-refractivity contribution in [3.63, 3.8) is 0 Å². The summed E-state index contributed by atoms with van der Waals surface area (Å²) in [5, 5.41) is 8.34. The molecule has 14 heavy (non-hydrogen) atoms. The number of nitriles is 1. The van der Waals surface area contributed by atoms with Crippen molar-refractivity contribution in [2.45, 2.75) is 0 Å². The maximum absolute atomic E-state index is 9.67. The zero-order chi connectivity index (χ0) is 11.1. The predicted octanol–water partition coefficient (Wildman–Crippen LogP) is -1.34. The summed E-state index contributed by atoms with van der Waals surface area (Å²) < 4.78 is 29.8. The van der Waals surface area contributed by atoms with Crippen molar-refractivity contribution in [2.24, 2.45) is 0 Å². The van der Waals surface area contributed by atoms with Crippen LogP contribution < -0.4 is 4.70 Å². The third kappa shape index (κ3) is 30.6. The van der Waals surface area contributed by atoms with Gasteiger partial charge in [-0.3, -0.25) is 12.9 Å². The van der Waals surface area contributed by atoms with E-state index in [0.717, 1.165) is 11.0 Å². The van der Waals surface area contributed by atoms with E-state index in [4.69, 9.17) is 5.26 Å². The van der Waals surface area contributed by atoms with E-state index >= 15 is 0 Å². The number of nitrogens with zero attached hydrogens (tertiary/aromatic N) is 2. The average molecular weight is 212 g/mol. The second-order valence-corrected chi connectivity index (χ2v) is 3.41. The Labute approximate surface area is 81.8 Å². The molecule has 0 rings (SSSR count). The van der Waals surface area contributed by atoms with E-state index in [9.17, 15) is 12.9 Å². The number of quaternary nitrogens is 1. The maximum Gasteiger partial charge on any atom is 0.762 e. The molecule has 0 spiro atoms. The molecule has 2 nitrogen and oxygen atoms in total. The first-order valence-corrected chi connectivity index (χ1v) is 3.49. The molecule has 7 heteroatoms. The Morgan fingerprint density at radius 1 is 1.36 bits per heavy atom. The van der Waals surface area contributed by atoms with Crippen LogP contribution in [0.4, 0.5) is 12.9 Å². The number of halogens is 4. The van der Waals surface area contributed by atoms with Crippen LogP contribution in [0.2, 0.25) is 0 Å². The minimum atomic E-state index is -3.67. The quantitative estimate of drug-likeness (QED) is 0.240. The monoisotopic (exact) mass is 212 g/mol. The fourth-order valence-electron chi connectivity index (χ4n) is 0.608. The molecule has 0 bridgehead atoms. The van der Waals surface area contributed by atoms with Crippen molar-refractivity contribution in [3.8, 4) is 6.07 Å². The number of hydrogen-bond donors (Lipinski definition) is 0. The molecule has 0 aliphatic heterocycles. The normalized spacial score (nSPS) is 8.64. The molecule has 82 valence electrons. The van der Waals surface area contributed by atoms with E-state index < -0.39 is 7.54 Å². The van der Waals surface area contributed by atoms with E-state index in [1.165, 1.54) is 0 Å². The molecule has 0 atom stereocenters. The highest BCUT2D eigenvalue weighted by Gasteiger charge is 2.07. The first-order chi connectivity index (χ1) is 5.69. The highest BCUT2D eigenvalue weighted by atomic mass is 19.4. The molecule has 0 aliphatic carbocycles. The molecule has 0 saturated heterocycles. The van der Waals surface area contributed by atoms with E-state index in [1.54, 1.807) is 0 Å². The second-order valence-electron chi connectivity index (χ2n) is 3.41. The molecule has 0 radical (unpaired) electrons. The fraction of sp³-hybridized carbons (Fsp3) is 0.571. The van der Waals surface area contributed by atoms with Crippen molar-refractivity contribution in [3.05, 3.63) is 12.2 Å². The third-order valence-electron chi connectivity index (χ3n) is 0.823. The van der Waals surface area contributed by atoms with Gasteiger partial charge in [-0.05, 0) is 0 Å². The Morgan fingerprint density at radius 2 is 1.64 bits per heavy atom. The van der Waals surface area contributed by atoms with Gasteiger partial charge >= 0.3 is 7.54 Å². The van der Waals surface area contributed by atoms with Gasteiger partial charge in [-0.25, -0.2) is 0 Å². The first-order valence-electron chi connectivity index (χ1n) is 3.49. The van der Waals surface area contributed by atoms with Gasteiger partial charge in [0.25, 0.3) is 0 Å². The summed E-state index contributed by atoms with van der Waals surface area (Å²) in [6, 6.07) is 2.01. The van der Waals surface area contributed by atoms with Gasteiger partial charge in [0.1, 0.15) is 6.54 Å². The zero-order valence-electron chi connectivity index (χ0n) is 8.40. The Balaban J connectivity index is -0.000000209. The van der Waals surface area contributed by atoms with E-state index in [1.807, 2.05) is 27.2 Å². The van der Waals surface area contributed by atoms with Gasteiger partial charge in [0, 0.05) is 0 Å². The SMILES string of the molecule is C=C(C#N)C[N+](C)(C)C.FB(F)F.[F-]. The summed E-state index contributed by atoms with van der Waals surface area (Å²) in [6.45, 7) is 4.31. The van der Waals surface area contributed by atoms with Gasteiger partial charge < -0.3 is 9.19 Å². The molecule has 0 amide bonds. The van der Waals surface area contributed by atoms with Gasteiger partial charge in [0.05, 0.1) is 32.8 Å². The lowest BCUT2D eigenvalue weighted by Crippen LogP contribution is -3.00. The van der Waals surface area contributed by atoms with Gasteiger partial charge in [0.2, 0.25) is 0 Å². The van der Waals surface area contributed by atoms with Crippen LogP contribution in [0.1, 0.15) is 0 Å².